The zero-order valence-corrected chi connectivity index (χ0v) is 15.0. The highest BCUT2D eigenvalue weighted by Gasteiger charge is 2.25. The quantitative estimate of drug-likeness (QED) is 0.522. The minimum Gasteiger partial charge on any atom is -0.418 e. The van der Waals surface area contributed by atoms with Crippen LogP contribution in [0.25, 0.3) is 11.5 Å². The summed E-state index contributed by atoms with van der Waals surface area (Å²) in [4.78, 5) is 0. The Morgan fingerprint density at radius 1 is 1.07 bits per heavy atom. The molecule has 2 heterocycles. The highest BCUT2D eigenvalue weighted by Crippen LogP contribution is 2.29. The molecule has 0 radical (unpaired) electrons. The number of tetrazole rings is 1. The lowest BCUT2D eigenvalue weighted by Gasteiger charge is -2.14. The third kappa shape index (κ3) is 3.56. The zero-order valence-electron chi connectivity index (χ0n) is 14.3. The fourth-order valence-corrected chi connectivity index (χ4v) is 2.98. The lowest BCUT2D eigenvalue weighted by molar-refractivity contribution is 0.383. The monoisotopic (exact) mass is 384 g/mol. The number of hydrogen-bond acceptors (Lipinski definition) is 6. The molecule has 0 fully saturated rings. The van der Waals surface area contributed by atoms with Gasteiger partial charge in [0.1, 0.15) is 17.7 Å². The molecule has 2 aromatic heterocycles. The minimum absolute atomic E-state index is 0.298. The van der Waals surface area contributed by atoms with Gasteiger partial charge in [0.25, 0.3) is 0 Å². The van der Waals surface area contributed by atoms with E-state index in [9.17, 15) is 4.39 Å². The van der Waals surface area contributed by atoms with Gasteiger partial charge < -0.3 is 4.42 Å². The van der Waals surface area contributed by atoms with Crippen LogP contribution in [0.3, 0.4) is 0 Å². The summed E-state index contributed by atoms with van der Waals surface area (Å²) in [6.45, 7) is 1.78. The molecule has 4 rings (SSSR count). The van der Waals surface area contributed by atoms with Crippen LogP contribution in [0.4, 0.5) is 4.39 Å². The molecular formula is C18H14ClFN6O. The third-order valence-electron chi connectivity index (χ3n) is 4.12. The van der Waals surface area contributed by atoms with Crippen LogP contribution >= 0.6 is 11.6 Å². The molecule has 7 nitrogen and oxygen atoms in total. The van der Waals surface area contributed by atoms with Crippen LogP contribution in [0.2, 0.25) is 5.02 Å². The Bertz CT molecular complexity index is 1060. The molecular weight excluding hydrogens is 371 g/mol. The van der Waals surface area contributed by atoms with Crippen molar-refractivity contribution in [3.8, 4) is 11.5 Å². The Hall–Kier alpha value is -3.13. The van der Waals surface area contributed by atoms with Crippen LogP contribution in [0, 0.1) is 12.7 Å². The molecule has 27 heavy (non-hydrogen) atoms. The maximum absolute atomic E-state index is 13.2. The average molecular weight is 385 g/mol. The Balaban J connectivity index is 1.72. The number of aryl methyl sites for hydroxylation is 1. The molecule has 9 heteroatoms. The second-order valence-corrected chi connectivity index (χ2v) is 6.35. The lowest BCUT2D eigenvalue weighted by atomic mass is 10.1. The average Bonchev–Trinajstić information content (AvgIpc) is 3.31. The summed E-state index contributed by atoms with van der Waals surface area (Å²) < 4.78 is 20.7. The Kier molecular flexibility index (Phi) is 4.64. The Morgan fingerprint density at radius 3 is 2.56 bits per heavy atom. The molecule has 0 aliphatic carbocycles. The molecule has 0 aliphatic rings. The van der Waals surface area contributed by atoms with Crippen molar-refractivity contribution in [2.75, 3.05) is 0 Å². The summed E-state index contributed by atoms with van der Waals surface area (Å²) in [5.41, 5.74) is 1.53. The van der Waals surface area contributed by atoms with E-state index in [2.05, 4.69) is 25.7 Å². The van der Waals surface area contributed by atoms with Gasteiger partial charge in [-0.1, -0.05) is 35.9 Å². The van der Waals surface area contributed by atoms with Crippen molar-refractivity contribution in [3.63, 3.8) is 0 Å². The Labute approximate surface area is 158 Å². The van der Waals surface area contributed by atoms with Crippen molar-refractivity contribution in [1.82, 2.24) is 30.4 Å². The molecule has 4 aromatic rings. The zero-order chi connectivity index (χ0) is 18.8. The topological polar surface area (TPSA) is 82.5 Å². The second-order valence-electron chi connectivity index (χ2n) is 5.94. The summed E-state index contributed by atoms with van der Waals surface area (Å²) in [6, 6.07) is 13.0. The van der Waals surface area contributed by atoms with Crippen LogP contribution in [-0.4, -0.2) is 30.4 Å². The highest BCUT2D eigenvalue weighted by atomic mass is 35.5. The molecule has 2 aromatic carbocycles. The van der Waals surface area contributed by atoms with Crippen molar-refractivity contribution in [1.29, 1.82) is 0 Å². The minimum atomic E-state index is -0.436. The van der Waals surface area contributed by atoms with Gasteiger partial charge in [-0.15, -0.1) is 15.3 Å². The van der Waals surface area contributed by atoms with E-state index >= 15 is 0 Å². The van der Waals surface area contributed by atoms with E-state index in [0.29, 0.717) is 34.6 Å². The molecule has 0 saturated carbocycles. The molecule has 136 valence electrons. The number of hydrogen-bond donors (Lipinski definition) is 0. The van der Waals surface area contributed by atoms with Crippen LogP contribution in [0.5, 0.6) is 0 Å². The van der Waals surface area contributed by atoms with Gasteiger partial charge >= 0.3 is 0 Å². The second kappa shape index (κ2) is 7.24. The van der Waals surface area contributed by atoms with Gasteiger partial charge in [0.2, 0.25) is 11.8 Å². The maximum atomic E-state index is 13.2. The van der Waals surface area contributed by atoms with Gasteiger partial charge in [-0.3, -0.25) is 0 Å². The predicted molar refractivity (Wildman–Crippen MR) is 95.5 cm³/mol. The van der Waals surface area contributed by atoms with Crippen LogP contribution in [-0.2, 0) is 6.42 Å². The molecule has 0 saturated heterocycles. The van der Waals surface area contributed by atoms with Crippen LogP contribution < -0.4 is 0 Å². The van der Waals surface area contributed by atoms with Gasteiger partial charge in [0, 0.05) is 6.42 Å². The standard InChI is InChI=1S/C18H14ClFN6O/c1-11-21-24-25-26(11)16(10-12-6-8-13(20)9-7-12)18-23-22-17(27-18)14-4-2-3-5-15(14)19/h2-9,16H,10H2,1H3. The lowest BCUT2D eigenvalue weighted by Crippen LogP contribution is -2.17. The van der Waals surface area contributed by atoms with Gasteiger partial charge in [0.15, 0.2) is 0 Å². The van der Waals surface area contributed by atoms with Crippen molar-refractivity contribution >= 4 is 11.6 Å². The number of nitrogens with zero attached hydrogens (tertiary/aromatic N) is 6. The summed E-state index contributed by atoms with van der Waals surface area (Å²) in [6.07, 6.45) is 0.455. The molecule has 0 amide bonds. The van der Waals surface area contributed by atoms with E-state index in [1.54, 1.807) is 35.9 Å². The molecule has 1 atom stereocenters. The van der Waals surface area contributed by atoms with Crippen molar-refractivity contribution in [2.24, 2.45) is 0 Å². The summed E-state index contributed by atoms with van der Waals surface area (Å²) >= 11 is 6.22. The largest absolute Gasteiger partial charge is 0.418 e. The summed E-state index contributed by atoms with van der Waals surface area (Å²) in [7, 11) is 0. The van der Waals surface area contributed by atoms with Crippen LogP contribution in [0.1, 0.15) is 23.3 Å². The fourth-order valence-electron chi connectivity index (χ4n) is 2.76. The molecule has 0 bridgehead atoms. The van der Waals surface area contributed by atoms with Gasteiger partial charge in [0.05, 0.1) is 10.6 Å². The van der Waals surface area contributed by atoms with Crippen LogP contribution in [0.15, 0.2) is 52.9 Å². The highest BCUT2D eigenvalue weighted by molar-refractivity contribution is 6.33. The smallest absolute Gasteiger partial charge is 0.249 e. The summed E-state index contributed by atoms with van der Waals surface area (Å²) in [5.74, 6) is 0.947. The SMILES string of the molecule is Cc1nnnn1C(Cc1ccc(F)cc1)c1nnc(-c2ccccc2Cl)o1. The van der Waals surface area contributed by atoms with Gasteiger partial charge in [-0.25, -0.2) is 9.07 Å². The number of aromatic nitrogens is 6. The maximum Gasteiger partial charge on any atom is 0.249 e. The number of rotatable bonds is 5. The molecule has 1 unspecified atom stereocenters. The van der Waals surface area contributed by atoms with E-state index in [-0.39, 0.29) is 5.82 Å². The third-order valence-corrected chi connectivity index (χ3v) is 4.45. The molecule has 0 aliphatic heterocycles. The molecule has 0 spiro atoms. The van der Waals surface area contributed by atoms with Crippen molar-refractivity contribution < 1.29 is 8.81 Å². The number of halogens is 2. The first-order valence-corrected chi connectivity index (χ1v) is 8.57. The molecule has 0 N–H and O–H groups in total. The first-order chi connectivity index (χ1) is 13.1. The number of benzene rings is 2. The first kappa shape index (κ1) is 17.3. The van der Waals surface area contributed by atoms with E-state index < -0.39 is 6.04 Å². The van der Waals surface area contributed by atoms with Crippen molar-refractivity contribution in [2.45, 2.75) is 19.4 Å². The van der Waals surface area contributed by atoms with E-state index in [4.69, 9.17) is 16.0 Å². The van der Waals surface area contributed by atoms with Crippen molar-refractivity contribution in [3.05, 3.63) is 76.6 Å². The normalized spacial score (nSPS) is 12.3. The Morgan fingerprint density at radius 2 is 1.85 bits per heavy atom. The van der Waals surface area contributed by atoms with E-state index in [0.717, 1.165) is 5.56 Å². The van der Waals surface area contributed by atoms with E-state index in [1.807, 2.05) is 12.1 Å². The first-order valence-electron chi connectivity index (χ1n) is 8.19. The fraction of sp³-hybridized carbons (Fsp3) is 0.167. The van der Waals surface area contributed by atoms with Gasteiger partial charge in [-0.05, 0) is 47.2 Å². The van der Waals surface area contributed by atoms with E-state index in [1.165, 1.54) is 12.1 Å². The predicted octanol–water partition coefficient (Wildman–Crippen LogP) is 3.66. The van der Waals surface area contributed by atoms with Gasteiger partial charge in [-0.2, -0.15) is 0 Å². The summed E-state index contributed by atoms with van der Waals surface area (Å²) in [5, 5.41) is 20.5.